The zero-order valence-electron chi connectivity index (χ0n) is 12.3. The summed E-state index contributed by atoms with van der Waals surface area (Å²) in [6.45, 7) is 0. The number of fused-ring (bicyclic) bond motifs is 1. The Kier molecular flexibility index (Phi) is 3.86. The molecule has 0 bridgehead atoms. The Morgan fingerprint density at radius 2 is 1.38 bits per heavy atom. The molecule has 0 heterocycles. The van der Waals surface area contributed by atoms with Crippen LogP contribution in [0.4, 0.5) is 26.3 Å². The molecule has 0 saturated carbocycles. The largest absolute Gasteiger partial charge is 0.417 e. The third kappa shape index (κ3) is 2.77. The van der Waals surface area contributed by atoms with Crippen molar-refractivity contribution in [3.8, 4) is 11.1 Å². The van der Waals surface area contributed by atoms with E-state index in [0.29, 0.717) is 36.1 Å². The molecule has 1 atom stereocenters. The van der Waals surface area contributed by atoms with Gasteiger partial charge in [-0.25, -0.2) is 0 Å². The van der Waals surface area contributed by atoms with Gasteiger partial charge in [-0.15, -0.1) is 0 Å². The highest BCUT2D eigenvalue weighted by Crippen LogP contribution is 2.47. The van der Waals surface area contributed by atoms with Crippen LogP contribution in [0.15, 0.2) is 36.4 Å². The topological polar surface area (TPSA) is 26.0 Å². The van der Waals surface area contributed by atoms with Gasteiger partial charge in [-0.3, -0.25) is 0 Å². The molecule has 1 aliphatic carbocycles. The zero-order valence-corrected chi connectivity index (χ0v) is 12.3. The van der Waals surface area contributed by atoms with Crippen LogP contribution in [0.1, 0.15) is 34.7 Å². The number of hydrogen-bond acceptors (Lipinski definition) is 1. The lowest BCUT2D eigenvalue weighted by Gasteiger charge is -2.21. The van der Waals surface area contributed by atoms with Crippen LogP contribution < -0.4 is 5.73 Å². The van der Waals surface area contributed by atoms with Gasteiger partial charge in [-0.1, -0.05) is 24.3 Å². The van der Waals surface area contributed by atoms with E-state index in [0.717, 1.165) is 6.07 Å². The highest BCUT2D eigenvalue weighted by molar-refractivity contribution is 5.77. The van der Waals surface area contributed by atoms with E-state index in [1.54, 1.807) is 6.07 Å². The maximum Gasteiger partial charge on any atom is 0.417 e. The standard InChI is InChI=1S/C17H13F6N/c18-16(19,20)12-5-2-6-13(17(21,22)23)15(12)11-4-1-3-10-9(11)7-8-14(10)24/h1-6,14H,7-8,24H2/t14-/m1/s1. The van der Waals surface area contributed by atoms with E-state index in [1.807, 2.05) is 0 Å². The Hall–Kier alpha value is -2.02. The summed E-state index contributed by atoms with van der Waals surface area (Å²) in [5.41, 5.74) is 3.54. The summed E-state index contributed by atoms with van der Waals surface area (Å²) in [6, 6.07) is 6.18. The van der Waals surface area contributed by atoms with Gasteiger partial charge in [0.25, 0.3) is 0 Å². The molecular formula is C17H13F6N. The normalized spacial score (nSPS) is 17.9. The van der Waals surface area contributed by atoms with Gasteiger partial charge in [-0.05, 0) is 41.7 Å². The summed E-state index contributed by atoms with van der Waals surface area (Å²) >= 11 is 0. The smallest absolute Gasteiger partial charge is 0.324 e. The molecule has 2 aromatic rings. The molecular weight excluding hydrogens is 332 g/mol. The highest BCUT2D eigenvalue weighted by Gasteiger charge is 2.41. The molecule has 0 aromatic heterocycles. The highest BCUT2D eigenvalue weighted by atomic mass is 19.4. The SMILES string of the molecule is N[C@@H]1CCc2c(-c3c(C(F)(F)F)cccc3C(F)(F)F)cccc21. The number of rotatable bonds is 1. The summed E-state index contributed by atoms with van der Waals surface area (Å²) < 4.78 is 80.0. The minimum Gasteiger partial charge on any atom is -0.324 e. The molecule has 2 N–H and O–H groups in total. The van der Waals surface area contributed by atoms with Crippen LogP contribution in [0.2, 0.25) is 0 Å². The van der Waals surface area contributed by atoms with Gasteiger partial charge < -0.3 is 5.73 Å². The van der Waals surface area contributed by atoms with Crippen molar-refractivity contribution >= 4 is 0 Å². The molecule has 1 nitrogen and oxygen atoms in total. The lowest BCUT2D eigenvalue weighted by Crippen LogP contribution is -2.14. The summed E-state index contributed by atoms with van der Waals surface area (Å²) in [4.78, 5) is 0. The Morgan fingerprint density at radius 1 is 0.833 bits per heavy atom. The van der Waals surface area contributed by atoms with Gasteiger partial charge in [-0.2, -0.15) is 26.3 Å². The van der Waals surface area contributed by atoms with Crippen LogP contribution in [-0.2, 0) is 18.8 Å². The molecule has 7 heteroatoms. The molecule has 0 amide bonds. The fourth-order valence-electron chi connectivity index (χ4n) is 3.24. The fraction of sp³-hybridized carbons (Fsp3) is 0.294. The van der Waals surface area contributed by atoms with Gasteiger partial charge in [0.1, 0.15) is 0 Å². The Bertz CT molecular complexity index is 743. The third-order valence-corrected chi connectivity index (χ3v) is 4.26. The van der Waals surface area contributed by atoms with E-state index in [1.165, 1.54) is 12.1 Å². The number of benzene rings is 2. The maximum atomic E-state index is 13.3. The molecule has 0 radical (unpaired) electrons. The minimum absolute atomic E-state index is 0.0410. The first kappa shape index (κ1) is 16.8. The molecule has 0 aliphatic heterocycles. The molecule has 2 aromatic carbocycles. The second-order valence-electron chi connectivity index (χ2n) is 5.74. The quantitative estimate of drug-likeness (QED) is 0.694. The monoisotopic (exact) mass is 345 g/mol. The molecule has 24 heavy (non-hydrogen) atoms. The van der Waals surface area contributed by atoms with Gasteiger partial charge in [0, 0.05) is 11.6 Å². The van der Waals surface area contributed by atoms with E-state index < -0.39 is 29.0 Å². The Morgan fingerprint density at radius 3 is 1.92 bits per heavy atom. The number of hydrogen-bond donors (Lipinski definition) is 1. The molecule has 1 aliphatic rings. The summed E-state index contributed by atoms with van der Waals surface area (Å²) in [5, 5.41) is 0. The van der Waals surface area contributed by atoms with E-state index in [4.69, 9.17) is 5.73 Å². The first-order valence-electron chi connectivity index (χ1n) is 7.26. The molecule has 0 saturated heterocycles. The second-order valence-corrected chi connectivity index (χ2v) is 5.74. The fourth-order valence-corrected chi connectivity index (χ4v) is 3.24. The van der Waals surface area contributed by atoms with Crippen LogP contribution in [0.5, 0.6) is 0 Å². The minimum atomic E-state index is -4.89. The predicted molar refractivity (Wildman–Crippen MR) is 77.1 cm³/mol. The van der Waals surface area contributed by atoms with Gasteiger partial charge in [0.15, 0.2) is 0 Å². The summed E-state index contributed by atoms with van der Waals surface area (Å²) in [7, 11) is 0. The molecule has 0 fully saturated rings. The van der Waals surface area contributed by atoms with Crippen LogP contribution >= 0.6 is 0 Å². The van der Waals surface area contributed by atoms with Crippen molar-refractivity contribution in [2.24, 2.45) is 5.73 Å². The number of halogens is 6. The van der Waals surface area contributed by atoms with Crippen LogP contribution in [0.25, 0.3) is 11.1 Å². The zero-order chi connectivity index (χ0) is 17.7. The lowest BCUT2D eigenvalue weighted by molar-refractivity contribution is -0.142. The van der Waals surface area contributed by atoms with Crippen molar-refractivity contribution in [3.63, 3.8) is 0 Å². The molecule has 128 valence electrons. The van der Waals surface area contributed by atoms with Crippen molar-refractivity contribution in [3.05, 3.63) is 58.7 Å². The van der Waals surface area contributed by atoms with Crippen LogP contribution in [0, 0.1) is 0 Å². The molecule has 0 unspecified atom stereocenters. The van der Waals surface area contributed by atoms with Crippen LogP contribution in [0.3, 0.4) is 0 Å². The lowest BCUT2D eigenvalue weighted by atomic mass is 9.89. The van der Waals surface area contributed by atoms with E-state index in [2.05, 4.69) is 0 Å². The average Bonchev–Trinajstić information content (AvgIpc) is 2.86. The van der Waals surface area contributed by atoms with Crippen molar-refractivity contribution in [2.75, 3.05) is 0 Å². The Labute approximate surface area is 134 Å². The van der Waals surface area contributed by atoms with Crippen molar-refractivity contribution in [2.45, 2.75) is 31.2 Å². The van der Waals surface area contributed by atoms with E-state index >= 15 is 0 Å². The molecule has 0 spiro atoms. The third-order valence-electron chi connectivity index (χ3n) is 4.26. The van der Waals surface area contributed by atoms with Crippen molar-refractivity contribution in [1.82, 2.24) is 0 Å². The van der Waals surface area contributed by atoms with E-state index in [-0.39, 0.29) is 11.6 Å². The molecule has 3 rings (SSSR count). The van der Waals surface area contributed by atoms with E-state index in [9.17, 15) is 26.3 Å². The van der Waals surface area contributed by atoms with Gasteiger partial charge in [0.2, 0.25) is 0 Å². The maximum absolute atomic E-state index is 13.3. The predicted octanol–water partition coefficient (Wildman–Crippen LogP) is 5.34. The summed E-state index contributed by atoms with van der Waals surface area (Å²) in [5.74, 6) is 0. The van der Waals surface area contributed by atoms with Crippen molar-refractivity contribution < 1.29 is 26.3 Å². The van der Waals surface area contributed by atoms with Gasteiger partial charge >= 0.3 is 12.4 Å². The summed E-state index contributed by atoms with van der Waals surface area (Å²) in [6.07, 6.45) is -8.92. The van der Waals surface area contributed by atoms with Crippen molar-refractivity contribution in [1.29, 1.82) is 0 Å². The average molecular weight is 345 g/mol. The van der Waals surface area contributed by atoms with Crippen LogP contribution in [-0.4, -0.2) is 0 Å². The Balaban J connectivity index is 2.36. The first-order valence-corrected chi connectivity index (χ1v) is 7.26. The second kappa shape index (κ2) is 5.51. The number of alkyl halides is 6. The van der Waals surface area contributed by atoms with Gasteiger partial charge in [0.05, 0.1) is 11.1 Å². The first-order chi connectivity index (χ1) is 11.1. The number of nitrogens with two attached hydrogens (primary N) is 1.